The average molecular weight is 274 g/mol. The van der Waals surface area contributed by atoms with Gasteiger partial charge in [-0.05, 0) is 25.1 Å². The molecule has 1 heterocycles. The fourth-order valence-electron chi connectivity index (χ4n) is 1.62. The van der Waals surface area contributed by atoms with Gasteiger partial charge in [0.25, 0.3) is 5.69 Å². The summed E-state index contributed by atoms with van der Waals surface area (Å²) >= 11 is 0. The summed E-state index contributed by atoms with van der Waals surface area (Å²) in [5, 5.41) is 19.6. The van der Waals surface area contributed by atoms with E-state index in [-0.39, 0.29) is 17.1 Å². The van der Waals surface area contributed by atoms with Gasteiger partial charge < -0.3 is 9.84 Å². The number of aromatic nitrogens is 1. The highest BCUT2D eigenvalue weighted by atomic mass is 16.6. The van der Waals surface area contributed by atoms with E-state index < -0.39 is 10.9 Å². The van der Waals surface area contributed by atoms with Gasteiger partial charge in [0.05, 0.1) is 10.5 Å². The Labute approximate surface area is 113 Å². The van der Waals surface area contributed by atoms with Crippen molar-refractivity contribution in [2.45, 2.75) is 6.92 Å². The average Bonchev–Trinajstić information content (AvgIpc) is 2.38. The maximum Gasteiger partial charge on any atom is 0.335 e. The topological polar surface area (TPSA) is 103 Å². The van der Waals surface area contributed by atoms with E-state index in [0.29, 0.717) is 11.3 Å². The predicted octanol–water partition coefficient (Wildman–Crippen LogP) is 2.79. The second-order valence-electron chi connectivity index (χ2n) is 4.00. The molecule has 7 heteroatoms. The number of rotatable bonds is 4. The Morgan fingerprint density at radius 2 is 2.10 bits per heavy atom. The number of benzene rings is 1. The Balaban J connectivity index is 2.26. The first-order valence-corrected chi connectivity index (χ1v) is 5.59. The quantitative estimate of drug-likeness (QED) is 0.679. The normalized spacial score (nSPS) is 10.1. The minimum Gasteiger partial charge on any atom is -0.478 e. The van der Waals surface area contributed by atoms with Gasteiger partial charge in [0.2, 0.25) is 5.88 Å². The number of nitrogens with zero attached hydrogens (tertiary/aromatic N) is 2. The van der Waals surface area contributed by atoms with Crippen molar-refractivity contribution in [1.82, 2.24) is 4.98 Å². The number of carbonyl (C=O) groups is 1. The zero-order valence-electron chi connectivity index (χ0n) is 10.4. The molecule has 0 aliphatic carbocycles. The Morgan fingerprint density at radius 3 is 2.70 bits per heavy atom. The summed E-state index contributed by atoms with van der Waals surface area (Å²) in [4.78, 5) is 24.9. The van der Waals surface area contributed by atoms with Gasteiger partial charge in [-0.15, -0.1) is 0 Å². The van der Waals surface area contributed by atoms with Crippen molar-refractivity contribution in [3.05, 3.63) is 57.8 Å². The maximum absolute atomic E-state index is 10.8. The molecule has 2 aromatic rings. The molecule has 1 aromatic heterocycles. The molecule has 1 aromatic carbocycles. The summed E-state index contributed by atoms with van der Waals surface area (Å²) in [6.45, 7) is 1.59. The lowest BCUT2D eigenvalue weighted by Gasteiger charge is -2.06. The number of hydrogen-bond acceptors (Lipinski definition) is 5. The Morgan fingerprint density at radius 1 is 1.35 bits per heavy atom. The van der Waals surface area contributed by atoms with E-state index in [1.807, 2.05) is 0 Å². The van der Waals surface area contributed by atoms with Gasteiger partial charge in [-0.2, -0.15) is 0 Å². The van der Waals surface area contributed by atoms with Gasteiger partial charge in [0.15, 0.2) is 0 Å². The van der Waals surface area contributed by atoms with Crippen LogP contribution in [0.1, 0.15) is 15.9 Å². The molecule has 2 rings (SSSR count). The number of carboxylic acids is 1. The highest BCUT2D eigenvalue weighted by molar-refractivity contribution is 5.87. The summed E-state index contributed by atoms with van der Waals surface area (Å²) in [7, 11) is 0. The zero-order valence-corrected chi connectivity index (χ0v) is 10.4. The van der Waals surface area contributed by atoms with Crippen LogP contribution in [-0.2, 0) is 0 Å². The molecule has 0 amide bonds. The van der Waals surface area contributed by atoms with Crippen molar-refractivity contribution in [3.8, 4) is 11.6 Å². The van der Waals surface area contributed by atoms with Gasteiger partial charge in [-0.25, -0.2) is 9.78 Å². The molecule has 102 valence electrons. The first kappa shape index (κ1) is 13.5. The van der Waals surface area contributed by atoms with Crippen molar-refractivity contribution in [2.75, 3.05) is 0 Å². The smallest absolute Gasteiger partial charge is 0.335 e. The van der Waals surface area contributed by atoms with E-state index in [1.165, 1.54) is 36.5 Å². The van der Waals surface area contributed by atoms with Crippen LogP contribution in [0.25, 0.3) is 0 Å². The monoisotopic (exact) mass is 274 g/mol. The summed E-state index contributed by atoms with van der Waals surface area (Å²) in [5.74, 6) is -0.626. The van der Waals surface area contributed by atoms with Crippen molar-refractivity contribution < 1.29 is 19.6 Å². The summed E-state index contributed by atoms with van der Waals surface area (Å²) < 4.78 is 5.39. The minimum absolute atomic E-state index is 0.00963. The van der Waals surface area contributed by atoms with Crippen molar-refractivity contribution in [2.24, 2.45) is 0 Å². The number of aromatic carboxylic acids is 1. The van der Waals surface area contributed by atoms with Gasteiger partial charge in [0, 0.05) is 23.9 Å². The summed E-state index contributed by atoms with van der Waals surface area (Å²) in [5.41, 5.74) is 0.486. The van der Waals surface area contributed by atoms with Crippen LogP contribution in [0.4, 0.5) is 5.69 Å². The molecule has 0 saturated heterocycles. The second-order valence-corrected chi connectivity index (χ2v) is 4.00. The number of aryl methyl sites for hydroxylation is 1. The van der Waals surface area contributed by atoms with Crippen LogP contribution >= 0.6 is 0 Å². The third kappa shape index (κ3) is 2.89. The lowest BCUT2D eigenvalue weighted by Crippen LogP contribution is -1.98. The molecule has 20 heavy (non-hydrogen) atoms. The van der Waals surface area contributed by atoms with Crippen molar-refractivity contribution in [3.63, 3.8) is 0 Å². The van der Waals surface area contributed by atoms with E-state index in [0.717, 1.165) is 0 Å². The third-order valence-corrected chi connectivity index (χ3v) is 2.57. The van der Waals surface area contributed by atoms with Crippen molar-refractivity contribution in [1.29, 1.82) is 0 Å². The molecule has 0 saturated carbocycles. The highest BCUT2D eigenvalue weighted by Crippen LogP contribution is 2.26. The van der Waals surface area contributed by atoms with Crippen LogP contribution in [0.5, 0.6) is 11.6 Å². The van der Waals surface area contributed by atoms with Crippen LogP contribution in [0.2, 0.25) is 0 Å². The summed E-state index contributed by atoms with van der Waals surface area (Å²) in [6, 6.07) is 6.87. The summed E-state index contributed by atoms with van der Waals surface area (Å²) in [6.07, 6.45) is 1.32. The predicted molar refractivity (Wildman–Crippen MR) is 69.1 cm³/mol. The fraction of sp³-hybridized carbons (Fsp3) is 0.0769. The molecular weight excluding hydrogens is 264 g/mol. The van der Waals surface area contributed by atoms with E-state index in [1.54, 1.807) is 6.92 Å². The molecule has 0 bridgehead atoms. The number of carboxylic acid groups (broad SMARTS) is 1. The highest BCUT2D eigenvalue weighted by Gasteiger charge is 2.12. The van der Waals surface area contributed by atoms with Gasteiger partial charge in [-0.1, -0.05) is 0 Å². The molecule has 1 N–H and O–H groups in total. The van der Waals surface area contributed by atoms with Crippen LogP contribution < -0.4 is 4.74 Å². The molecular formula is C13H10N2O5. The lowest BCUT2D eigenvalue weighted by molar-refractivity contribution is -0.385. The molecule has 0 spiro atoms. The maximum atomic E-state index is 10.8. The number of ether oxygens (including phenoxy) is 1. The number of hydrogen-bond donors (Lipinski definition) is 1. The first-order chi connectivity index (χ1) is 9.47. The zero-order chi connectivity index (χ0) is 14.7. The molecule has 0 aliphatic rings. The molecule has 0 unspecified atom stereocenters. The van der Waals surface area contributed by atoms with Gasteiger partial charge in [0.1, 0.15) is 5.75 Å². The van der Waals surface area contributed by atoms with E-state index >= 15 is 0 Å². The van der Waals surface area contributed by atoms with Gasteiger partial charge >= 0.3 is 5.97 Å². The van der Waals surface area contributed by atoms with Gasteiger partial charge in [-0.3, -0.25) is 10.1 Å². The molecule has 0 aliphatic heterocycles. The largest absolute Gasteiger partial charge is 0.478 e. The molecule has 0 fully saturated rings. The van der Waals surface area contributed by atoms with E-state index in [2.05, 4.69) is 4.98 Å². The third-order valence-electron chi connectivity index (χ3n) is 2.57. The SMILES string of the molecule is Cc1cc(Oc2cc(C(=O)O)ccn2)ccc1[N+](=O)[O-]. The molecule has 0 atom stereocenters. The van der Waals surface area contributed by atoms with Crippen LogP contribution in [0, 0.1) is 17.0 Å². The van der Waals surface area contributed by atoms with Crippen LogP contribution in [0.3, 0.4) is 0 Å². The van der Waals surface area contributed by atoms with Crippen LogP contribution in [0.15, 0.2) is 36.5 Å². The minimum atomic E-state index is -1.09. The lowest BCUT2D eigenvalue weighted by atomic mass is 10.2. The van der Waals surface area contributed by atoms with E-state index in [9.17, 15) is 14.9 Å². The standard InChI is InChI=1S/C13H10N2O5/c1-8-6-10(2-3-11(8)15(18)19)20-12-7-9(13(16)17)4-5-14-12/h2-7H,1H3,(H,16,17). The fourth-order valence-corrected chi connectivity index (χ4v) is 1.62. The van der Waals surface area contributed by atoms with E-state index in [4.69, 9.17) is 9.84 Å². The first-order valence-electron chi connectivity index (χ1n) is 5.59. The molecule has 7 nitrogen and oxygen atoms in total. The second kappa shape index (κ2) is 5.35. The number of nitro groups is 1. The molecule has 0 radical (unpaired) electrons. The van der Waals surface area contributed by atoms with Crippen LogP contribution in [-0.4, -0.2) is 21.0 Å². The van der Waals surface area contributed by atoms with Crippen molar-refractivity contribution >= 4 is 11.7 Å². The Bertz CT molecular complexity index is 684. The number of nitro benzene ring substituents is 1. The number of pyridine rings is 1. The Hall–Kier alpha value is -2.96. The Kier molecular flexibility index (Phi) is 3.60.